The van der Waals surface area contributed by atoms with Crippen LogP contribution < -0.4 is 0 Å². The van der Waals surface area contributed by atoms with Crippen molar-refractivity contribution < 1.29 is 0 Å². The fourth-order valence-corrected chi connectivity index (χ4v) is 2.56. The van der Waals surface area contributed by atoms with Gasteiger partial charge in [0.2, 0.25) is 0 Å². The zero-order valence-electron chi connectivity index (χ0n) is 10.5. The predicted molar refractivity (Wildman–Crippen MR) is 63.8 cm³/mol. The van der Waals surface area contributed by atoms with Gasteiger partial charge >= 0.3 is 0 Å². The third kappa shape index (κ3) is 1.27. The van der Waals surface area contributed by atoms with Gasteiger partial charge in [-0.25, -0.2) is 4.98 Å². The van der Waals surface area contributed by atoms with Crippen molar-refractivity contribution in [1.82, 2.24) is 9.55 Å². The molecule has 1 heterocycles. The summed E-state index contributed by atoms with van der Waals surface area (Å²) in [4.78, 5) is 4.67. The SMILES string of the molecule is CC1=C(C)C(C)C(C)c2c1nc(C)n2C. The standard InChI is InChI=1S/C13H20N2/c1-7-8(2)10(4)13-12(9(7)3)14-11(5)15(13)6/h8,10H,1-6H3. The molecule has 2 nitrogen and oxygen atoms in total. The van der Waals surface area contributed by atoms with Crippen LogP contribution in [0.2, 0.25) is 0 Å². The molecule has 2 rings (SSSR count). The van der Waals surface area contributed by atoms with E-state index in [0.717, 1.165) is 5.82 Å². The smallest absolute Gasteiger partial charge is 0.106 e. The van der Waals surface area contributed by atoms with Crippen LogP contribution in [-0.4, -0.2) is 9.55 Å². The second-order valence-corrected chi connectivity index (χ2v) is 4.84. The first-order chi connectivity index (χ1) is 6.95. The first-order valence-electron chi connectivity index (χ1n) is 5.66. The number of aromatic nitrogens is 2. The van der Waals surface area contributed by atoms with Crippen molar-refractivity contribution in [2.24, 2.45) is 13.0 Å². The molecule has 0 aliphatic heterocycles. The average Bonchev–Trinajstić information content (AvgIpc) is 2.50. The summed E-state index contributed by atoms with van der Waals surface area (Å²) >= 11 is 0. The van der Waals surface area contributed by atoms with Crippen LogP contribution >= 0.6 is 0 Å². The Balaban J connectivity index is 2.72. The lowest BCUT2D eigenvalue weighted by Gasteiger charge is -2.29. The summed E-state index contributed by atoms with van der Waals surface area (Å²) in [6.45, 7) is 11.1. The minimum Gasteiger partial charge on any atom is -0.334 e. The van der Waals surface area contributed by atoms with Gasteiger partial charge in [-0.2, -0.15) is 0 Å². The van der Waals surface area contributed by atoms with E-state index in [-0.39, 0.29) is 0 Å². The quantitative estimate of drug-likeness (QED) is 0.634. The number of aryl methyl sites for hydroxylation is 1. The minimum absolute atomic E-state index is 0.579. The van der Waals surface area contributed by atoms with Gasteiger partial charge < -0.3 is 4.57 Å². The number of allylic oxidation sites excluding steroid dienone is 2. The maximum atomic E-state index is 4.67. The summed E-state index contributed by atoms with van der Waals surface area (Å²) in [5.41, 5.74) is 5.49. The molecule has 1 aromatic heterocycles. The number of hydrogen-bond acceptors (Lipinski definition) is 1. The van der Waals surface area contributed by atoms with Crippen LogP contribution in [0.15, 0.2) is 5.57 Å². The maximum absolute atomic E-state index is 4.67. The fraction of sp³-hybridized carbons (Fsp3) is 0.615. The lowest BCUT2D eigenvalue weighted by molar-refractivity contribution is 0.521. The predicted octanol–water partition coefficient (Wildman–Crippen LogP) is 3.28. The van der Waals surface area contributed by atoms with E-state index in [4.69, 9.17) is 0 Å². The van der Waals surface area contributed by atoms with Gasteiger partial charge in [-0.3, -0.25) is 0 Å². The molecule has 0 N–H and O–H groups in total. The van der Waals surface area contributed by atoms with Gasteiger partial charge in [-0.15, -0.1) is 0 Å². The Morgan fingerprint density at radius 1 is 1.07 bits per heavy atom. The average molecular weight is 204 g/mol. The van der Waals surface area contributed by atoms with E-state index in [9.17, 15) is 0 Å². The monoisotopic (exact) mass is 204 g/mol. The Kier molecular flexibility index (Phi) is 2.25. The highest BCUT2D eigenvalue weighted by atomic mass is 15.1. The van der Waals surface area contributed by atoms with E-state index in [2.05, 4.69) is 51.2 Å². The van der Waals surface area contributed by atoms with Crippen molar-refractivity contribution in [3.05, 3.63) is 22.8 Å². The van der Waals surface area contributed by atoms with Crippen LogP contribution in [-0.2, 0) is 7.05 Å². The van der Waals surface area contributed by atoms with E-state index >= 15 is 0 Å². The van der Waals surface area contributed by atoms with Gasteiger partial charge in [0.05, 0.1) is 5.69 Å². The first-order valence-corrected chi connectivity index (χ1v) is 5.66. The number of rotatable bonds is 0. The molecular formula is C13H20N2. The van der Waals surface area contributed by atoms with Gasteiger partial charge in [0.1, 0.15) is 5.82 Å². The Morgan fingerprint density at radius 3 is 2.27 bits per heavy atom. The van der Waals surface area contributed by atoms with Crippen molar-refractivity contribution in [1.29, 1.82) is 0 Å². The first kappa shape index (κ1) is 10.5. The molecule has 2 heteroatoms. The summed E-state index contributed by atoms with van der Waals surface area (Å²) < 4.78 is 2.24. The summed E-state index contributed by atoms with van der Waals surface area (Å²) in [7, 11) is 2.12. The van der Waals surface area contributed by atoms with Gasteiger partial charge in [0, 0.05) is 18.7 Å². The number of imidazole rings is 1. The van der Waals surface area contributed by atoms with Gasteiger partial charge in [0.25, 0.3) is 0 Å². The van der Waals surface area contributed by atoms with E-state index in [1.165, 1.54) is 22.5 Å². The zero-order chi connectivity index (χ0) is 11.3. The molecule has 82 valence electrons. The normalized spacial score (nSPS) is 25.7. The van der Waals surface area contributed by atoms with Crippen molar-refractivity contribution in [3.8, 4) is 0 Å². The molecule has 15 heavy (non-hydrogen) atoms. The van der Waals surface area contributed by atoms with E-state index in [1.54, 1.807) is 0 Å². The molecule has 0 amide bonds. The highest BCUT2D eigenvalue weighted by Crippen LogP contribution is 2.41. The number of fused-ring (bicyclic) bond motifs is 1. The van der Waals surface area contributed by atoms with Crippen LogP contribution in [0.3, 0.4) is 0 Å². The topological polar surface area (TPSA) is 17.8 Å². The van der Waals surface area contributed by atoms with Gasteiger partial charge in [-0.05, 0) is 32.3 Å². The molecule has 0 bridgehead atoms. The van der Waals surface area contributed by atoms with Crippen molar-refractivity contribution in [2.75, 3.05) is 0 Å². The molecule has 0 radical (unpaired) electrons. The van der Waals surface area contributed by atoms with Gasteiger partial charge in [0.15, 0.2) is 0 Å². The lowest BCUT2D eigenvalue weighted by atomic mass is 9.78. The third-order valence-electron chi connectivity index (χ3n) is 4.17. The van der Waals surface area contributed by atoms with Crippen LogP contribution in [0.25, 0.3) is 5.57 Å². The van der Waals surface area contributed by atoms with Crippen LogP contribution in [0.5, 0.6) is 0 Å². The fourth-order valence-electron chi connectivity index (χ4n) is 2.56. The highest BCUT2D eigenvalue weighted by Gasteiger charge is 2.30. The van der Waals surface area contributed by atoms with Crippen LogP contribution in [0.1, 0.15) is 50.8 Å². The molecular weight excluding hydrogens is 184 g/mol. The Bertz CT molecular complexity index is 438. The third-order valence-corrected chi connectivity index (χ3v) is 4.17. The van der Waals surface area contributed by atoms with Gasteiger partial charge in [-0.1, -0.05) is 19.4 Å². The van der Waals surface area contributed by atoms with E-state index in [1.807, 2.05) is 0 Å². The molecule has 1 aliphatic carbocycles. The van der Waals surface area contributed by atoms with E-state index in [0.29, 0.717) is 11.8 Å². The number of nitrogens with zero attached hydrogens (tertiary/aromatic N) is 2. The molecule has 0 saturated carbocycles. The Hall–Kier alpha value is -1.05. The van der Waals surface area contributed by atoms with Crippen molar-refractivity contribution >= 4 is 5.57 Å². The van der Waals surface area contributed by atoms with Crippen LogP contribution in [0, 0.1) is 12.8 Å². The zero-order valence-corrected chi connectivity index (χ0v) is 10.5. The highest BCUT2D eigenvalue weighted by molar-refractivity contribution is 5.69. The molecule has 2 atom stereocenters. The minimum atomic E-state index is 0.579. The number of hydrogen-bond donors (Lipinski definition) is 0. The second kappa shape index (κ2) is 3.22. The molecule has 1 aromatic rings. The summed E-state index contributed by atoms with van der Waals surface area (Å²) in [5, 5.41) is 0. The molecule has 0 spiro atoms. The van der Waals surface area contributed by atoms with Crippen molar-refractivity contribution in [2.45, 2.75) is 40.5 Å². The van der Waals surface area contributed by atoms with Crippen LogP contribution in [0.4, 0.5) is 0 Å². The molecule has 0 saturated heterocycles. The second-order valence-electron chi connectivity index (χ2n) is 4.84. The maximum Gasteiger partial charge on any atom is 0.106 e. The van der Waals surface area contributed by atoms with Crippen molar-refractivity contribution in [3.63, 3.8) is 0 Å². The Morgan fingerprint density at radius 2 is 1.67 bits per heavy atom. The molecule has 0 aromatic carbocycles. The molecule has 1 aliphatic rings. The summed E-state index contributed by atoms with van der Waals surface area (Å²) in [5.74, 6) is 2.33. The largest absolute Gasteiger partial charge is 0.334 e. The van der Waals surface area contributed by atoms with E-state index < -0.39 is 0 Å². The molecule has 2 unspecified atom stereocenters. The summed E-state index contributed by atoms with van der Waals surface area (Å²) in [6.07, 6.45) is 0. The lowest BCUT2D eigenvalue weighted by Crippen LogP contribution is -2.18. The summed E-state index contributed by atoms with van der Waals surface area (Å²) in [6, 6.07) is 0. The molecule has 0 fully saturated rings. The Labute approximate surface area is 92.0 Å².